The highest BCUT2D eigenvalue weighted by Gasteiger charge is 2.34. The second-order valence-corrected chi connectivity index (χ2v) is 7.11. The van der Waals surface area contributed by atoms with E-state index in [4.69, 9.17) is 27.9 Å². The van der Waals surface area contributed by atoms with Crippen molar-refractivity contribution in [3.63, 3.8) is 0 Å². The van der Waals surface area contributed by atoms with E-state index in [1.165, 1.54) is 17.1 Å². The molecule has 1 saturated heterocycles. The Morgan fingerprint density at radius 3 is 2.61 bits per heavy atom. The first-order valence-corrected chi connectivity index (χ1v) is 8.80. The second-order valence-electron chi connectivity index (χ2n) is 5.54. The summed E-state index contributed by atoms with van der Waals surface area (Å²) in [6.07, 6.45) is 1.83. The third-order valence-electron chi connectivity index (χ3n) is 4.26. The van der Waals surface area contributed by atoms with Gasteiger partial charge in [0.05, 0.1) is 0 Å². The Bertz CT molecular complexity index is 718. The summed E-state index contributed by atoms with van der Waals surface area (Å²) in [5.74, 6) is 0. The van der Waals surface area contributed by atoms with Crippen LogP contribution in [0.1, 0.15) is 24.0 Å². The van der Waals surface area contributed by atoms with Gasteiger partial charge in [-0.05, 0) is 42.1 Å². The van der Waals surface area contributed by atoms with Gasteiger partial charge in [-0.25, -0.2) is 0 Å². The summed E-state index contributed by atoms with van der Waals surface area (Å²) in [5, 5.41) is 14.3. The molecule has 2 heterocycles. The summed E-state index contributed by atoms with van der Waals surface area (Å²) in [5.41, 5.74) is 1.59. The van der Waals surface area contributed by atoms with Crippen LogP contribution in [0.4, 0.5) is 5.00 Å². The van der Waals surface area contributed by atoms with Crippen molar-refractivity contribution in [2.45, 2.75) is 18.3 Å². The van der Waals surface area contributed by atoms with Gasteiger partial charge < -0.3 is 10.1 Å². The van der Waals surface area contributed by atoms with Gasteiger partial charge >= 0.3 is 0 Å². The van der Waals surface area contributed by atoms with Crippen LogP contribution in [0.5, 0.6) is 0 Å². The van der Waals surface area contributed by atoms with Crippen LogP contribution in [0.3, 0.4) is 0 Å². The van der Waals surface area contributed by atoms with E-state index in [1.54, 1.807) is 0 Å². The molecule has 1 aliphatic heterocycles. The van der Waals surface area contributed by atoms with Crippen LogP contribution < -0.4 is 5.32 Å². The normalized spacial score (nSPS) is 16.7. The van der Waals surface area contributed by atoms with Gasteiger partial charge in [-0.1, -0.05) is 35.3 Å². The number of halogens is 2. The molecular formula is C16H15Cl2N3OS. The van der Waals surface area contributed by atoms with Gasteiger partial charge in [-0.15, -0.1) is 0 Å². The Balaban J connectivity index is 1.85. The van der Waals surface area contributed by atoms with E-state index in [-0.39, 0.29) is 10.6 Å². The van der Waals surface area contributed by atoms with Crippen molar-refractivity contribution < 1.29 is 4.74 Å². The fraction of sp³-hybridized carbons (Fsp3) is 0.375. The van der Waals surface area contributed by atoms with E-state index in [1.807, 2.05) is 12.1 Å². The van der Waals surface area contributed by atoms with E-state index >= 15 is 0 Å². The highest BCUT2D eigenvalue weighted by molar-refractivity contribution is 7.10. The summed E-state index contributed by atoms with van der Waals surface area (Å²) < 4.78 is 9.57. The van der Waals surface area contributed by atoms with Crippen LogP contribution in [0.2, 0.25) is 10.2 Å². The lowest BCUT2D eigenvalue weighted by Crippen LogP contribution is -2.40. The maximum absolute atomic E-state index is 9.19. The summed E-state index contributed by atoms with van der Waals surface area (Å²) in [7, 11) is 0. The minimum absolute atomic E-state index is 0.0496. The molecule has 1 aliphatic rings. The number of nitriles is 1. The van der Waals surface area contributed by atoms with Gasteiger partial charge in [0.1, 0.15) is 16.6 Å². The highest BCUT2D eigenvalue weighted by Crippen LogP contribution is 2.37. The van der Waals surface area contributed by atoms with Gasteiger partial charge in [0.25, 0.3) is 0 Å². The maximum Gasteiger partial charge on any atom is 0.162 e. The molecular weight excluding hydrogens is 353 g/mol. The van der Waals surface area contributed by atoms with Crippen molar-refractivity contribution in [1.82, 2.24) is 4.37 Å². The molecule has 1 fully saturated rings. The zero-order valence-corrected chi connectivity index (χ0v) is 14.6. The lowest BCUT2D eigenvalue weighted by atomic mass is 9.74. The summed E-state index contributed by atoms with van der Waals surface area (Å²) in [6.45, 7) is 2.14. The smallest absolute Gasteiger partial charge is 0.162 e. The number of aromatic nitrogens is 1. The number of rotatable bonds is 4. The Kier molecular flexibility index (Phi) is 5.08. The predicted molar refractivity (Wildman–Crippen MR) is 93.5 cm³/mol. The van der Waals surface area contributed by atoms with Crippen LogP contribution in [-0.2, 0) is 10.2 Å². The van der Waals surface area contributed by atoms with Crippen molar-refractivity contribution in [1.29, 1.82) is 5.26 Å². The summed E-state index contributed by atoms with van der Waals surface area (Å²) >= 11 is 13.2. The zero-order valence-electron chi connectivity index (χ0n) is 12.3. The first kappa shape index (κ1) is 16.5. The van der Waals surface area contributed by atoms with E-state index in [0.717, 1.165) is 36.1 Å². The summed E-state index contributed by atoms with van der Waals surface area (Å²) in [4.78, 5) is 0. The van der Waals surface area contributed by atoms with Crippen LogP contribution >= 0.6 is 34.7 Å². The standard InChI is InChI=1S/C16H15Cl2N3OS/c17-12-3-1-11(2-4-12)16(5-7-22-8-6-16)10-20-15-13(9-19)14(18)21-23-15/h1-4,20H,5-8,10H2. The van der Waals surface area contributed by atoms with E-state index in [2.05, 4.69) is 27.9 Å². The molecule has 3 rings (SSSR count). The van der Waals surface area contributed by atoms with Crippen LogP contribution in [0.25, 0.3) is 0 Å². The van der Waals surface area contributed by atoms with Crippen molar-refractivity contribution in [3.8, 4) is 6.07 Å². The number of hydrogen-bond acceptors (Lipinski definition) is 5. The van der Waals surface area contributed by atoms with Gasteiger partial charge in [-0.3, -0.25) is 0 Å². The molecule has 23 heavy (non-hydrogen) atoms. The highest BCUT2D eigenvalue weighted by atomic mass is 35.5. The van der Waals surface area contributed by atoms with Crippen LogP contribution in [-0.4, -0.2) is 24.1 Å². The maximum atomic E-state index is 9.19. The van der Waals surface area contributed by atoms with E-state index in [0.29, 0.717) is 12.1 Å². The fourth-order valence-electron chi connectivity index (χ4n) is 2.87. The molecule has 7 heteroatoms. The Morgan fingerprint density at radius 2 is 1.96 bits per heavy atom. The first-order chi connectivity index (χ1) is 11.1. The Morgan fingerprint density at radius 1 is 1.26 bits per heavy atom. The Labute approximate surface area is 149 Å². The average Bonchev–Trinajstić information content (AvgIpc) is 2.94. The van der Waals surface area contributed by atoms with Crippen molar-refractivity contribution in [2.75, 3.05) is 25.1 Å². The number of anilines is 1. The quantitative estimate of drug-likeness (QED) is 0.864. The Hall–Kier alpha value is -1.32. The topological polar surface area (TPSA) is 57.9 Å². The summed E-state index contributed by atoms with van der Waals surface area (Å²) in [6, 6.07) is 10.1. The molecule has 1 N–H and O–H groups in total. The molecule has 0 amide bonds. The fourth-order valence-corrected chi connectivity index (χ4v) is 3.93. The number of benzene rings is 1. The molecule has 2 aromatic rings. The number of nitrogens with one attached hydrogen (secondary N) is 1. The number of ether oxygens (including phenoxy) is 1. The van der Waals surface area contributed by atoms with Gasteiger partial charge in [-0.2, -0.15) is 9.64 Å². The molecule has 1 aromatic heterocycles. The SMILES string of the molecule is N#Cc1c(Cl)nsc1NCC1(c2ccc(Cl)cc2)CCOCC1. The lowest BCUT2D eigenvalue weighted by Gasteiger charge is -2.38. The van der Waals surface area contributed by atoms with Crippen molar-refractivity contribution in [3.05, 3.63) is 45.6 Å². The van der Waals surface area contributed by atoms with Crippen LogP contribution in [0, 0.1) is 11.3 Å². The predicted octanol–water partition coefficient (Wildman–Crippen LogP) is 4.48. The molecule has 0 radical (unpaired) electrons. The molecule has 1 aromatic carbocycles. The van der Waals surface area contributed by atoms with Gasteiger partial charge in [0.15, 0.2) is 5.15 Å². The monoisotopic (exact) mass is 367 g/mol. The molecule has 0 spiro atoms. The number of hydrogen-bond donors (Lipinski definition) is 1. The molecule has 0 unspecified atom stereocenters. The first-order valence-electron chi connectivity index (χ1n) is 7.27. The molecule has 0 atom stereocenters. The average molecular weight is 368 g/mol. The van der Waals surface area contributed by atoms with Gasteiger partial charge in [0, 0.05) is 30.2 Å². The van der Waals surface area contributed by atoms with Crippen molar-refractivity contribution in [2.24, 2.45) is 0 Å². The molecule has 0 saturated carbocycles. The van der Waals surface area contributed by atoms with Gasteiger partial charge in [0.2, 0.25) is 0 Å². The third-order valence-corrected chi connectivity index (χ3v) is 5.69. The minimum atomic E-state index is -0.0496. The van der Waals surface area contributed by atoms with Crippen molar-refractivity contribution >= 4 is 39.7 Å². The third kappa shape index (κ3) is 3.46. The molecule has 4 nitrogen and oxygen atoms in total. The zero-order chi connectivity index (χ0) is 16.3. The number of nitrogens with zero attached hydrogens (tertiary/aromatic N) is 2. The second kappa shape index (κ2) is 7.06. The van der Waals surface area contributed by atoms with E-state index < -0.39 is 0 Å². The molecule has 0 bridgehead atoms. The van der Waals surface area contributed by atoms with E-state index in [9.17, 15) is 5.26 Å². The largest absolute Gasteiger partial charge is 0.381 e. The molecule has 0 aliphatic carbocycles. The molecule has 120 valence electrons. The minimum Gasteiger partial charge on any atom is -0.381 e. The van der Waals surface area contributed by atoms with Crippen LogP contribution in [0.15, 0.2) is 24.3 Å². The lowest BCUT2D eigenvalue weighted by molar-refractivity contribution is 0.0544.